The van der Waals surface area contributed by atoms with E-state index in [2.05, 4.69) is 15.6 Å². The van der Waals surface area contributed by atoms with Gasteiger partial charge in [-0.05, 0) is 13.3 Å². The molecule has 0 unspecified atom stereocenters. The molecular weight excluding hydrogens is 286 g/mol. The average Bonchev–Trinajstić information content (AvgIpc) is 2.95. The maximum Gasteiger partial charge on any atom is 0.315 e. The van der Waals surface area contributed by atoms with Crippen LogP contribution >= 0.6 is 11.3 Å². The van der Waals surface area contributed by atoms with Gasteiger partial charge in [0.2, 0.25) is 0 Å². The molecule has 0 saturated carbocycles. The van der Waals surface area contributed by atoms with Crippen molar-refractivity contribution in [2.24, 2.45) is 0 Å². The predicted molar refractivity (Wildman–Crippen MR) is 84.1 cm³/mol. The highest BCUT2D eigenvalue weighted by atomic mass is 32.1. The molecule has 3 N–H and O–H groups in total. The van der Waals surface area contributed by atoms with Crippen LogP contribution in [0.2, 0.25) is 0 Å². The first-order valence-electron chi connectivity index (χ1n) is 6.84. The van der Waals surface area contributed by atoms with Crippen molar-refractivity contribution < 1.29 is 9.90 Å². The second-order valence-corrected chi connectivity index (χ2v) is 5.68. The van der Waals surface area contributed by atoms with Crippen molar-refractivity contribution >= 4 is 17.4 Å². The molecular formula is C15H19N3O2S. The summed E-state index contributed by atoms with van der Waals surface area (Å²) in [5.41, 5.74) is 1.99. The van der Waals surface area contributed by atoms with Gasteiger partial charge < -0.3 is 15.7 Å². The Kier molecular flexibility index (Phi) is 5.71. The number of hydrogen-bond acceptors (Lipinski definition) is 4. The molecule has 2 rings (SSSR count). The monoisotopic (exact) mass is 305 g/mol. The van der Waals surface area contributed by atoms with E-state index in [0.717, 1.165) is 16.3 Å². The summed E-state index contributed by atoms with van der Waals surface area (Å²) in [4.78, 5) is 16.2. The van der Waals surface area contributed by atoms with Crippen molar-refractivity contribution in [2.45, 2.75) is 25.9 Å². The number of carbonyl (C=O) groups is 1. The molecule has 1 aromatic carbocycles. The number of nitrogens with one attached hydrogen (secondary N) is 2. The van der Waals surface area contributed by atoms with Crippen LogP contribution in [-0.2, 0) is 6.54 Å². The molecule has 0 aliphatic heterocycles. The number of hydrogen-bond donors (Lipinski definition) is 3. The van der Waals surface area contributed by atoms with Gasteiger partial charge in [-0.15, -0.1) is 11.3 Å². The molecule has 0 spiro atoms. The maximum atomic E-state index is 11.7. The molecule has 112 valence electrons. The number of aliphatic hydroxyl groups excluding tert-OH is 1. The summed E-state index contributed by atoms with van der Waals surface area (Å²) in [7, 11) is 0. The van der Waals surface area contributed by atoms with E-state index in [-0.39, 0.29) is 18.7 Å². The lowest BCUT2D eigenvalue weighted by Crippen LogP contribution is -2.40. The molecule has 1 aromatic heterocycles. The number of amides is 2. The largest absolute Gasteiger partial charge is 0.396 e. The van der Waals surface area contributed by atoms with E-state index in [1.807, 2.05) is 42.6 Å². The van der Waals surface area contributed by atoms with E-state index in [0.29, 0.717) is 13.0 Å². The van der Waals surface area contributed by atoms with E-state index in [9.17, 15) is 4.79 Å². The van der Waals surface area contributed by atoms with Gasteiger partial charge >= 0.3 is 6.03 Å². The summed E-state index contributed by atoms with van der Waals surface area (Å²) < 4.78 is 0. The first-order valence-corrected chi connectivity index (χ1v) is 7.72. The van der Waals surface area contributed by atoms with E-state index >= 15 is 0 Å². The van der Waals surface area contributed by atoms with Crippen LogP contribution in [0.15, 0.2) is 35.7 Å². The Morgan fingerprint density at radius 1 is 1.38 bits per heavy atom. The molecule has 0 radical (unpaired) electrons. The van der Waals surface area contributed by atoms with Gasteiger partial charge in [-0.25, -0.2) is 9.78 Å². The fraction of sp³-hybridized carbons (Fsp3) is 0.333. The molecule has 0 bridgehead atoms. The van der Waals surface area contributed by atoms with Gasteiger partial charge in [0.25, 0.3) is 0 Å². The van der Waals surface area contributed by atoms with Gasteiger partial charge in [-0.1, -0.05) is 30.3 Å². The van der Waals surface area contributed by atoms with Gasteiger partial charge in [0.05, 0.1) is 12.2 Å². The van der Waals surface area contributed by atoms with Gasteiger partial charge in [0, 0.05) is 23.6 Å². The van der Waals surface area contributed by atoms with Crippen LogP contribution < -0.4 is 10.6 Å². The number of thiazole rings is 1. The van der Waals surface area contributed by atoms with Gasteiger partial charge in [0.15, 0.2) is 0 Å². The molecule has 0 aliphatic carbocycles. The summed E-state index contributed by atoms with van der Waals surface area (Å²) in [6, 6.07) is 9.64. The van der Waals surface area contributed by atoms with Crippen LogP contribution in [0.25, 0.3) is 11.3 Å². The minimum Gasteiger partial charge on any atom is -0.396 e. The summed E-state index contributed by atoms with van der Waals surface area (Å²) in [6.07, 6.45) is 0.544. The summed E-state index contributed by atoms with van der Waals surface area (Å²) in [5.74, 6) is 0. The zero-order valence-corrected chi connectivity index (χ0v) is 12.7. The zero-order chi connectivity index (χ0) is 15.1. The summed E-state index contributed by atoms with van der Waals surface area (Å²) in [6.45, 7) is 2.32. The number of benzene rings is 1. The number of aliphatic hydroxyl groups is 1. The van der Waals surface area contributed by atoms with Crippen molar-refractivity contribution in [3.63, 3.8) is 0 Å². The SMILES string of the molecule is C[C@H](CCO)NC(=O)NCc1nc(-c2ccccc2)cs1. The minimum absolute atomic E-state index is 0.0498. The molecule has 2 amide bonds. The van der Waals surface area contributed by atoms with Gasteiger partial charge in [-0.2, -0.15) is 0 Å². The third-order valence-corrected chi connectivity index (χ3v) is 3.81. The first kappa shape index (κ1) is 15.5. The molecule has 21 heavy (non-hydrogen) atoms. The minimum atomic E-state index is -0.243. The Hall–Kier alpha value is -1.92. The topological polar surface area (TPSA) is 74.2 Å². The third-order valence-electron chi connectivity index (χ3n) is 2.96. The van der Waals surface area contributed by atoms with E-state index < -0.39 is 0 Å². The smallest absolute Gasteiger partial charge is 0.315 e. The van der Waals surface area contributed by atoms with Crippen LogP contribution in [0.5, 0.6) is 0 Å². The standard InChI is InChI=1S/C15H19N3O2S/c1-11(7-8-19)17-15(20)16-9-14-18-13(10-21-14)12-5-3-2-4-6-12/h2-6,10-11,19H,7-9H2,1H3,(H2,16,17,20)/t11-/m1/s1. The van der Waals surface area contributed by atoms with Crippen LogP contribution in [0, 0.1) is 0 Å². The molecule has 0 saturated heterocycles. The summed E-state index contributed by atoms with van der Waals surface area (Å²) >= 11 is 1.52. The van der Waals surface area contributed by atoms with Crippen molar-refractivity contribution in [1.29, 1.82) is 0 Å². The highest BCUT2D eigenvalue weighted by molar-refractivity contribution is 7.09. The number of nitrogens with zero attached hydrogens (tertiary/aromatic N) is 1. The van der Waals surface area contributed by atoms with Gasteiger partial charge in [-0.3, -0.25) is 0 Å². The molecule has 2 aromatic rings. The Bertz CT molecular complexity index is 571. The van der Waals surface area contributed by atoms with Crippen molar-refractivity contribution in [2.75, 3.05) is 6.61 Å². The second kappa shape index (κ2) is 7.75. The Morgan fingerprint density at radius 3 is 2.86 bits per heavy atom. The van der Waals surface area contributed by atoms with Crippen LogP contribution in [-0.4, -0.2) is 28.8 Å². The Morgan fingerprint density at radius 2 is 2.14 bits per heavy atom. The van der Waals surface area contributed by atoms with Crippen molar-refractivity contribution in [1.82, 2.24) is 15.6 Å². The first-order chi connectivity index (χ1) is 10.2. The third kappa shape index (κ3) is 4.84. The number of urea groups is 1. The molecule has 0 aliphatic rings. The normalized spacial score (nSPS) is 11.9. The average molecular weight is 305 g/mol. The zero-order valence-electron chi connectivity index (χ0n) is 11.9. The fourth-order valence-corrected chi connectivity index (χ4v) is 2.57. The number of rotatable bonds is 6. The van der Waals surface area contributed by atoms with Crippen LogP contribution in [0.3, 0.4) is 0 Å². The van der Waals surface area contributed by atoms with E-state index in [4.69, 9.17) is 5.11 Å². The van der Waals surface area contributed by atoms with Crippen LogP contribution in [0.1, 0.15) is 18.4 Å². The lowest BCUT2D eigenvalue weighted by Gasteiger charge is -2.12. The predicted octanol–water partition coefficient (Wildman–Crippen LogP) is 2.38. The van der Waals surface area contributed by atoms with Gasteiger partial charge in [0.1, 0.15) is 5.01 Å². The lowest BCUT2D eigenvalue weighted by atomic mass is 10.2. The lowest BCUT2D eigenvalue weighted by molar-refractivity contribution is 0.230. The van der Waals surface area contributed by atoms with E-state index in [1.165, 1.54) is 11.3 Å². The van der Waals surface area contributed by atoms with Crippen molar-refractivity contribution in [3.05, 3.63) is 40.7 Å². The van der Waals surface area contributed by atoms with Crippen molar-refractivity contribution in [3.8, 4) is 11.3 Å². The molecule has 5 nitrogen and oxygen atoms in total. The van der Waals surface area contributed by atoms with Crippen LogP contribution in [0.4, 0.5) is 4.79 Å². The molecule has 1 atom stereocenters. The molecule has 0 fully saturated rings. The Balaban J connectivity index is 1.84. The quantitative estimate of drug-likeness (QED) is 0.767. The molecule has 1 heterocycles. The molecule has 6 heteroatoms. The van der Waals surface area contributed by atoms with E-state index in [1.54, 1.807) is 0 Å². The fourth-order valence-electron chi connectivity index (χ4n) is 1.83. The number of carbonyl (C=O) groups excluding carboxylic acids is 1. The highest BCUT2D eigenvalue weighted by Gasteiger charge is 2.08. The second-order valence-electron chi connectivity index (χ2n) is 4.73. The number of aromatic nitrogens is 1. The highest BCUT2D eigenvalue weighted by Crippen LogP contribution is 2.21. The Labute approximate surface area is 128 Å². The summed E-state index contributed by atoms with van der Waals surface area (Å²) in [5, 5.41) is 17.2. The maximum absolute atomic E-state index is 11.7.